The molecule has 1 atom stereocenters. The van der Waals surface area contributed by atoms with Crippen molar-refractivity contribution in [1.29, 1.82) is 0 Å². The van der Waals surface area contributed by atoms with Crippen molar-refractivity contribution in [3.8, 4) is 5.75 Å². The van der Waals surface area contributed by atoms with Gasteiger partial charge in [0.25, 0.3) is 0 Å². The molecule has 1 aliphatic rings. The number of hydrogen-bond donors (Lipinski definition) is 1. The Morgan fingerprint density at radius 1 is 1.33 bits per heavy atom. The molecule has 3 heteroatoms. The molecule has 0 bridgehead atoms. The molecule has 2 rings (SSSR count). The summed E-state index contributed by atoms with van der Waals surface area (Å²) in [5.41, 5.74) is 1.54. The molecule has 0 radical (unpaired) electrons. The minimum Gasteiger partial charge on any atom is -0.497 e. The van der Waals surface area contributed by atoms with Gasteiger partial charge in [-0.15, -0.1) is 0 Å². The fourth-order valence-electron chi connectivity index (χ4n) is 2.37. The van der Waals surface area contributed by atoms with E-state index in [0.29, 0.717) is 6.04 Å². The molecule has 1 heterocycles. The number of nitrogens with one attached hydrogen (secondary N) is 1. The number of anilines is 1. The van der Waals surface area contributed by atoms with Crippen LogP contribution in [0.3, 0.4) is 0 Å². The number of methoxy groups -OCH3 is 1. The first-order chi connectivity index (χ1) is 8.50. The van der Waals surface area contributed by atoms with Crippen LogP contribution in [0.5, 0.6) is 5.75 Å². The van der Waals surface area contributed by atoms with E-state index in [2.05, 4.69) is 49.2 Å². The zero-order valence-corrected chi connectivity index (χ0v) is 11.9. The van der Waals surface area contributed by atoms with Crippen LogP contribution in [0.2, 0.25) is 0 Å². The third kappa shape index (κ3) is 2.96. The Morgan fingerprint density at radius 3 is 2.78 bits per heavy atom. The Kier molecular flexibility index (Phi) is 3.81. The zero-order valence-electron chi connectivity index (χ0n) is 11.9. The molecule has 1 fully saturated rings. The fourth-order valence-corrected chi connectivity index (χ4v) is 2.37. The third-order valence-corrected chi connectivity index (χ3v) is 3.64. The molecule has 100 valence electrons. The summed E-state index contributed by atoms with van der Waals surface area (Å²) in [4.78, 5) is 2.44. The van der Waals surface area contributed by atoms with Crippen LogP contribution in [0, 0.1) is 5.41 Å². The lowest BCUT2D eigenvalue weighted by atomic mass is 9.85. The summed E-state index contributed by atoms with van der Waals surface area (Å²) >= 11 is 0. The van der Waals surface area contributed by atoms with Crippen molar-refractivity contribution in [2.45, 2.75) is 26.8 Å². The maximum atomic E-state index is 5.30. The van der Waals surface area contributed by atoms with Gasteiger partial charge in [-0.2, -0.15) is 0 Å². The van der Waals surface area contributed by atoms with Crippen LogP contribution in [0.4, 0.5) is 5.69 Å². The van der Waals surface area contributed by atoms with Crippen LogP contribution in [0.15, 0.2) is 24.3 Å². The van der Waals surface area contributed by atoms with E-state index >= 15 is 0 Å². The highest BCUT2D eigenvalue weighted by molar-refractivity contribution is 5.51. The van der Waals surface area contributed by atoms with Crippen molar-refractivity contribution in [3.05, 3.63) is 24.3 Å². The first-order valence-corrected chi connectivity index (χ1v) is 6.63. The lowest BCUT2D eigenvalue weighted by Gasteiger charge is -2.41. The summed E-state index contributed by atoms with van der Waals surface area (Å²) in [6, 6.07) is 8.85. The molecule has 0 saturated carbocycles. The molecule has 0 aromatic heterocycles. The molecule has 0 amide bonds. The summed E-state index contributed by atoms with van der Waals surface area (Å²) in [5, 5.41) is 3.61. The lowest BCUT2D eigenvalue weighted by Crippen LogP contribution is -2.56. The average molecular weight is 248 g/mol. The molecule has 1 unspecified atom stereocenters. The minimum atomic E-state index is 0.289. The molecule has 1 aromatic rings. The normalized spacial score (nSPS) is 20.9. The van der Waals surface area contributed by atoms with Gasteiger partial charge in [0, 0.05) is 37.4 Å². The van der Waals surface area contributed by atoms with E-state index in [0.717, 1.165) is 25.4 Å². The lowest BCUT2D eigenvalue weighted by molar-refractivity contribution is 0.254. The van der Waals surface area contributed by atoms with Crippen LogP contribution in [0.25, 0.3) is 0 Å². The van der Waals surface area contributed by atoms with Crippen molar-refractivity contribution in [3.63, 3.8) is 0 Å². The van der Waals surface area contributed by atoms with Gasteiger partial charge in [-0.25, -0.2) is 0 Å². The highest BCUT2D eigenvalue weighted by atomic mass is 16.5. The van der Waals surface area contributed by atoms with E-state index in [9.17, 15) is 0 Å². The Hall–Kier alpha value is -1.22. The third-order valence-electron chi connectivity index (χ3n) is 3.64. The first kappa shape index (κ1) is 13.2. The van der Waals surface area contributed by atoms with Gasteiger partial charge in [-0.05, 0) is 17.5 Å². The second-order valence-electron chi connectivity index (χ2n) is 6.02. The second kappa shape index (κ2) is 5.19. The number of piperazine rings is 1. The van der Waals surface area contributed by atoms with Crippen molar-refractivity contribution < 1.29 is 4.74 Å². The van der Waals surface area contributed by atoms with Gasteiger partial charge < -0.3 is 15.0 Å². The van der Waals surface area contributed by atoms with Crippen LogP contribution >= 0.6 is 0 Å². The first-order valence-electron chi connectivity index (χ1n) is 6.63. The molecule has 0 aliphatic carbocycles. The Bertz CT molecular complexity index is 398. The standard InChI is InChI=1S/C15H24N2O/c1-15(2,3)14-11-17(9-8-16-14)12-6-5-7-13(10-12)18-4/h5-7,10,14,16H,8-9,11H2,1-4H3. The molecule has 18 heavy (non-hydrogen) atoms. The smallest absolute Gasteiger partial charge is 0.120 e. The quantitative estimate of drug-likeness (QED) is 0.870. The predicted molar refractivity (Wildman–Crippen MR) is 76.5 cm³/mol. The molecule has 3 nitrogen and oxygen atoms in total. The maximum absolute atomic E-state index is 5.30. The second-order valence-corrected chi connectivity index (χ2v) is 6.02. The van der Waals surface area contributed by atoms with Gasteiger partial charge in [0.05, 0.1) is 7.11 Å². The van der Waals surface area contributed by atoms with Crippen molar-refractivity contribution in [1.82, 2.24) is 5.32 Å². The monoisotopic (exact) mass is 248 g/mol. The number of ether oxygens (including phenoxy) is 1. The van der Waals surface area contributed by atoms with Gasteiger partial charge in [-0.3, -0.25) is 0 Å². The van der Waals surface area contributed by atoms with E-state index in [1.54, 1.807) is 7.11 Å². The van der Waals surface area contributed by atoms with Crippen LogP contribution < -0.4 is 15.0 Å². The Labute approximate surface area is 110 Å². The van der Waals surface area contributed by atoms with E-state index < -0.39 is 0 Å². The fraction of sp³-hybridized carbons (Fsp3) is 0.600. The van der Waals surface area contributed by atoms with Crippen molar-refractivity contribution >= 4 is 5.69 Å². The summed E-state index contributed by atoms with van der Waals surface area (Å²) in [6.07, 6.45) is 0. The molecule has 1 aromatic carbocycles. The summed E-state index contributed by atoms with van der Waals surface area (Å²) < 4.78 is 5.30. The van der Waals surface area contributed by atoms with E-state index in [4.69, 9.17) is 4.74 Å². The van der Waals surface area contributed by atoms with E-state index in [-0.39, 0.29) is 5.41 Å². The van der Waals surface area contributed by atoms with E-state index in [1.165, 1.54) is 5.69 Å². The van der Waals surface area contributed by atoms with Gasteiger partial charge in [0.2, 0.25) is 0 Å². The number of benzene rings is 1. The highest BCUT2D eigenvalue weighted by Crippen LogP contribution is 2.26. The average Bonchev–Trinajstić information content (AvgIpc) is 2.38. The molecule has 1 saturated heterocycles. The number of rotatable bonds is 2. The molecule has 1 aliphatic heterocycles. The zero-order chi connectivity index (χ0) is 13.2. The van der Waals surface area contributed by atoms with Crippen LogP contribution in [-0.4, -0.2) is 32.8 Å². The minimum absolute atomic E-state index is 0.289. The van der Waals surface area contributed by atoms with E-state index in [1.807, 2.05) is 6.07 Å². The molecular weight excluding hydrogens is 224 g/mol. The van der Waals surface area contributed by atoms with Crippen LogP contribution in [0.1, 0.15) is 20.8 Å². The summed E-state index contributed by atoms with van der Waals surface area (Å²) in [7, 11) is 1.72. The van der Waals surface area contributed by atoms with Gasteiger partial charge in [0.15, 0.2) is 0 Å². The van der Waals surface area contributed by atoms with Gasteiger partial charge in [0.1, 0.15) is 5.75 Å². The highest BCUT2D eigenvalue weighted by Gasteiger charge is 2.29. The number of nitrogens with zero attached hydrogens (tertiary/aromatic N) is 1. The van der Waals surface area contributed by atoms with Crippen LogP contribution in [-0.2, 0) is 0 Å². The van der Waals surface area contributed by atoms with Gasteiger partial charge >= 0.3 is 0 Å². The SMILES string of the molecule is COc1cccc(N2CCNC(C(C)(C)C)C2)c1. The maximum Gasteiger partial charge on any atom is 0.120 e. The summed E-state index contributed by atoms with van der Waals surface area (Å²) in [6.45, 7) is 10.0. The predicted octanol–water partition coefficient (Wildman–Crippen LogP) is 2.52. The molecule has 1 N–H and O–H groups in total. The Morgan fingerprint density at radius 2 is 2.11 bits per heavy atom. The molecule has 0 spiro atoms. The molecular formula is C15H24N2O. The van der Waals surface area contributed by atoms with Crippen molar-refractivity contribution in [2.75, 3.05) is 31.6 Å². The summed E-state index contributed by atoms with van der Waals surface area (Å²) in [5.74, 6) is 0.929. The topological polar surface area (TPSA) is 24.5 Å². The van der Waals surface area contributed by atoms with Crippen molar-refractivity contribution in [2.24, 2.45) is 5.41 Å². The Balaban J connectivity index is 2.13. The largest absolute Gasteiger partial charge is 0.497 e. The number of hydrogen-bond acceptors (Lipinski definition) is 3. The van der Waals surface area contributed by atoms with Gasteiger partial charge in [-0.1, -0.05) is 26.8 Å².